The van der Waals surface area contributed by atoms with E-state index in [1.165, 1.54) is 0 Å². The van der Waals surface area contributed by atoms with Crippen molar-refractivity contribution in [1.82, 2.24) is 34.2 Å². The standard InChI is InChI=1S/C49H59F3N8O3Si2/c1-47(2,3)65(40-13-9-7-10-14-40,41-15-11-8-12-16-41)62-33-36-27-43(49(50,51)52)57-44(28-36)63-39-17-22-58(23-18-39)38-29-48(30-38,20-21-53)60-32-37(31-56-60)45-42-19-24-59(46(42)55-34-54-45)35-61-25-26-64(4,5)6/h7-16,19,24,27-28,31-32,34,38-39H,17-18,20,22-23,25-26,29-30,33,35H2,1-6H3. The summed E-state index contributed by atoms with van der Waals surface area (Å²) in [7, 11) is -4.22. The van der Waals surface area contributed by atoms with Crippen molar-refractivity contribution < 1.29 is 27.1 Å². The maximum absolute atomic E-state index is 14.4. The van der Waals surface area contributed by atoms with E-state index in [1.54, 1.807) is 12.4 Å². The average molecular weight is 921 g/mol. The first-order chi connectivity index (χ1) is 31.0. The Morgan fingerprint density at radius 3 is 2.20 bits per heavy atom. The Kier molecular flexibility index (Phi) is 13.3. The molecule has 6 aromatic rings. The van der Waals surface area contributed by atoms with Crippen molar-refractivity contribution >= 4 is 37.8 Å². The quantitative estimate of drug-likeness (QED) is 0.0692. The van der Waals surface area contributed by atoms with Crippen LogP contribution in [0.25, 0.3) is 22.3 Å². The molecule has 0 amide bonds. The predicted octanol–water partition coefficient (Wildman–Crippen LogP) is 9.41. The molecule has 1 saturated heterocycles. The summed E-state index contributed by atoms with van der Waals surface area (Å²) in [6.07, 6.45) is 5.46. The van der Waals surface area contributed by atoms with Crippen LogP contribution in [0.3, 0.4) is 0 Å². The van der Waals surface area contributed by atoms with Gasteiger partial charge in [0.1, 0.15) is 30.5 Å². The maximum atomic E-state index is 14.4. The van der Waals surface area contributed by atoms with Crippen LogP contribution < -0.4 is 15.1 Å². The largest absolute Gasteiger partial charge is 0.474 e. The molecule has 2 aromatic carbocycles. The van der Waals surface area contributed by atoms with Gasteiger partial charge < -0.3 is 18.5 Å². The molecular formula is C49H59F3N8O3Si2. The number of nitriles is 1. The van der Waals surface area contributed by atoms with Crippen molar-refractivity contribution in [3.05, 3.63) is 115 Å². The first-order valence-electron chi connectivity index (χ1n) is 22.5. The molecule has 1 aliphatic carbocycles. The lowest BCUT2D eigenvalue weighted by Crippen LogP contribution is -2.66. The maximum Gasteiger partial charge on any atom is 0.433 e. The van der Waals surface area contributed by atoms with E-state index >= 15 is 0 Å². The van der Waals surface area contributed by atoms with Gasteiger partial charge in [0.05, 0.1) is 36.5 Å². The second-order valence-corrected chi connectivity index (χ2v) is 29.8. The second kappa shape index (κ2) is 18.6. The Hall–Kier alpha value is -5.19. The van der Waals surface area contributed by atoms with E-state index in [2.05, 4.69) is 90.6 Å². The molecule has 4 aromatic heterocycles. The second-order valence-electron chi connectivity index (χ2n) is 19.9. The summed E-state index contributed by atoms with van der Waals surface area (Å²) in [5.74, 6) is -0.0474. The third-order valence-corrected chi connectivity index (χ3v) is 19.8. The van der Waals surface area contributed by atoms with Gasteiger partial charge in [0.15, 0.2) is 0 Å². The summed E-state index contributed by atoms with van der Waals surface area (Å²) in [6.45, 7) is 15.9. The van der Waals surface area contributed by atoms with E-state index in [-0.39, 0.29) is 29.7 Å². The Morgan fingerprint density at radius 1 is 0.908 bits per heavy atom. The number of benzene rings is 2. The summed E-state index contributed by atoms with van der Waals surface area (Å²) in [6, 6.07) is 28.5. The van der Waals surface area contributed by atoms with Crippen LogP contribution in [0, 0.1) is 11.3 Å². The van der Waals surface area contributed by atoms with Crippen LogP contribution >= 0.6 is 0 Å². The smallest absolute Gasteiger partial charge is 0.433 e. The summed E-state index contributed by atoms with van der Waals surface area (Å²) >= 11 is 0. The van der Waals surface area contributed by atoms with Gasteiger partial charge in [-0.25, -0.2) is 15.0 Å². The van der Waals surface area contributed by atoms with E-state index in [1.807, 2.05) is 70.3 Å². The molecule has 1 aliphatic heterocycles. The van der Waals surface area contributed by atoms with Crippen LogP contribution in [0.1, 0.15) is 64.1 Å². The number of fused-ring (bicyclic) bond motifs is 1. The molecule has 5 heterocycles. The highest BCUT2D eigenvalue weighted by atomic mass is 28.4. The van der Waals surface area contributed by atoms with Gasteiger partial charge in [-0.3, -0.25) is 9.58 Å². The van der Waals surface area contributed by atoms with Crippen molar-refractivity contribution in [2.75, 3.05) is 19.7 Å². The summed E-state index contributed by atoms with van der Waals surface area (Å²) in [4.78, 5) is 15.6. The molecule has 16 heteroatoms. The molecule has 0 unspecified atom stereocenters. The predicted molar refractivity (Wildman–Crippen MR) is 251 cm³/mol. The molecular weight excluding hydrogens is 862 g/mol. The normalized spacial score (nSPS) is 19.0. The van der Waals surface area contributed by atoms with Crippen molar-refractivity contribution in [3.8, 4) is 23.2 Å². The topological polar surface area (TPSA) is 116 Å². The number of pyridine rings is 1. The zero-order chi connectivity index (χ0) is 46.0. The lowest BCUT2D eigenvalue weighted by Gasteiger charge is -2.52. The van der Waals surface area contributed by atoms with E-state index in [0.717, 1.165) is 57.6 Å². The molecule has 2 aliphatic rings. The third-order valence-electron chi connectivity index (χ3n) is 13.1. The number of hydrogen-bond donors (Lipinski definition) is 0. The van der Waals surface area contributed by atoms with Gasteiger partial charge >= 0.3 is 6.18 Å². The Labute approximate surface area is 381 Å². The Morgan fingerprint density at radius 2 is 1.58 bits per heavy atom. The van der Waals surface area contributed by atoms with Crippen LogP contribution in [-0.4, -0.2) is 82.4 Å². The number of aromatic nitrogens is 6. The van der Waals surface area contributed by atoms with Crippen molar-refractivity contribution in [3.63, 3.8) is 0 Å². The minimum absolute atomic E-state index is 0.0388. The minimum atomic E-state index is -4.67. The molecule has 342 valence electrons. The first kappa shape index (κ1) is 46.3. The Balaban J connectivity index is 0.920. The third kappa shape index (κ3) is 10.00. The van der Waals surface area contributed by atoms with Crippen molar-refractivity contribution in [1.29, 1.82) is 5.26 Å². The fourth-order valence-corrected chi connectivity index (χ4v) is 14.8. The number of nitrogens with zero attached hydrogens (tertiary/aromatic N) is 8. The lowest BCUT2D eigenvalue weighted by atomic mass is 9.69. The van der Waals surface area contributed by atoms with Gasteiger partial charge in [-0.2, -0.15) is 23.5 Å². The van der Waals surface area contributed by atoms with E-state index < -0.39 is 33.8 Å². The highest BCUT2D eigenvalue weighted by molar-refractivity contribution is 6.99. The van der Waals surface area contributed by atoms with Crippen LogP contribution in [0.2, 0.25) is 30.7 Å². The monoisotopic (exact) mass is 920 g/mol. The number of rotatable bonds is 16. The minimum Gasteiger partial charge on any atom is -0.474 e. The number of halogens is 3. The van der Waals surface area contributed by atoms with Crippen molar-refractivity contribution in [2.24, 2.45) is 0 Å². The van der Waals surface area contributed by atoms with E-state index in [4.69, 9.17) is 19.0 Å². The highest BCUT2D eigenvalue weighted by Crippen LogP contribution is 2.46. The fourth-order valence-electron chi connectivity index (χ4n) is 9.55. The molecule has 0 N–H and O–H groups in total. The molecule has 2 fully saturated rings. The summed E-state index contributed by atoms with van der Waals surface area (Å²) in [5.41, 5.74) is 1.33. The van der Waals surface area contributed by atoms with Crippen LogP contribution in [0.15, 0.2) is 104 Å². The first-order valence-corrected chi connectivity index (χ1v) is 28.1. The highest BCUT2D eigenvalue weighted by Gasteiger charge is 2.51. The zero-order valence-electron chi connectivity index (χ0n) is 38.2. The van der Waals surface area contributed by atoms with Gasteiger partial charge in [-0.1, -0.05) is 101 Å². The van der Waals surface area contributed by atoms with Crippen molar-refractivity contribution in [2.45, 2.75) is 121 Å². The molecule has 0 bridgehead atoms. The van der Waals surface area contributed by atoms with Crippen LogP contribution in [0.4, 0.5) is 13.2 Å². The number of piperidine rings is 1. The van der Waals surface area contributed by atoms with Gasteiger partial charge in [0.25, 0.3) is 8.32 Å². The molecule has 11 nitrogen and oxygen atoms in total. The molecule has 65 heavy (non-hydrogen) atoms. The number of likely N-dealkylation sites (tertiary alicyclic amines) is 1. The number of alkyl halides is 3. The zero-order valence-corrected chi connectivity index (χ0v) is 40.2. The lowest BCUT2D eigenvalue weighted by molar-refractivity contribution is -0.141. The van der Waals surface area contributed by atoms with Gasteiger partial charge in [-0.15, -0.1) is 0 Å². The van der Waals surface area contributed by atoms with E-state index in [0.29, 0.717) is 51.3 Å². The summed E-state index contributed by atoms with van der Waals surface area (Å²) < 4.78 is 66.4. The van der Waals surface area contributed by atoms with Crippen LogP contribution in [-0.2, 0) is 34.2 Å². The Bertz CT molecular complexity index is 2550. The van der Waals surface area contributed by atoms with Gasteiger partial charge in [0, 0.05) is 63.2 Å². The molecule has 8 rings (SSSR count). The molecule has 0 atom stereocenters. The number of hydrogen-bond acceptors (Lipinski definition) is 9. The average Bonchev–Trinajstić information content (AvgIpc) is 3.92. The molecule has 0 radical (unpaired) electrons. The van der Waals surface area contributed by atoms with E-state index in [9.17, 15) is 18.4 Å². The number of ether oxygens (including phenoxy) is 2. The summed E-state index contributed by atoms with van der Waals surface area (Å²) in [5, 5.41) is 17.4. The molecule has 1 saturated carbocycles. The van der Waals surface area contributed by atoms with Gasteiger partial charge in [-0.05, 0) is 64.8 Å². The van der Waals surface area contributed by atoms with Crippen LogP contribution in [0.5, 0.6) is 5.88 Å². The van der Waals surface area contributed by atoms with Gasteiger partial charge in [0.2, 0.25) is 5.88 Å². The fraction of sp³-hybridized carbons (Fsp3) is 0.449. The molecule has 0 spiro atoms. The SMILES string of the molecule is CC(C)(C)[Si](OCc1cc(OC2CCN(C3CC(CC#N)(n4cc(-c5ncnc6c5ccn6COCC[Si](C)(C)C)cn4)C3)CC2)nc(C(F)(F)F)c1)(c1ccccc1)c1ccccc1.